The molecule has 0 bridgehead atoms. The topological polar surface area (TPSA) is 65.1 Å². The van der Waals surface area contributed by atoms with Crippen molar-refractivity contribution in [1.82, 2.24) is 10.3 Å². The van der Waals surface area contributed by atoms with Gasteiger partial charge in [0.25, 0.3) is 0 Å². The fraction of sp³-hybridized carbons (Fsp3) is 0.348. The number of carbonyl (C=O) groups excluding carboxylic acids is 1. The van der Waals surface area contributed by atoms with Gasteiger partial charge in [0.2, 0.25) is 5.91 Å². The molecule has 0 aliphatic carbocycles. The second kappa shape index (κ2) is 8.87. The summed E-state index contributed by atoms with van der Waals surface area (Å²) in [5.74, 6) is 0.0441. The number of H-pyrrole nitrogens is 1. The van der Waals surface area contributed by atoms with Crippen LogP contribution >= 0.6 is 0 Å². The summed E-state index contributed by atoms with van der Waals surface area (Å²) in [5.41, 5.74) is 3.20. The van der Waals surface area contributed by atoms with Gasteiger partial charge < -0.3 is 15.4 Å². The number of aliphatic hydroxyl groups excluding tert-OH is 1. The zero-order valence-electron chi connectivity index (χ0n) is 15.9. The van der Waals surface area contributed by atoms with Crippen LogP contribution in [0.1, 0.15) is 30.9 Å². The average Bonchev–Trinajstić information content (AvgIpc) is 3.10. The van der Waals surface area contributed by atoms with Crippen molar-refractivity contribution < 1.29 is 9.90 Å². The number of hydrogen-bond donors (Lipinski definition) is 3. The quantitative estimate of drug-likeness (QED) is 0.540. The minimum absolute atomic E-state index is 0.0392. The Morgan fingerprint density at radius 1 is 1.11 bits per heavy atom. The van der Waals surface area contributed by atoms with Crippen molar-refractivity contribution in [3.63, 3.8) is 0 Å². The number of fused-ring (bicyclic) bond motifs is 1. The first-order valence-electron chi connectivity index (χ1n) is 9.56. The predicted molar refractivity (Wildman–Crippen MR) is 110 cm³/mol. The van der Waals surface area contributed by atoms with Crippen LogP contribution in [0.4, 0.5) is 0 Å². The number of aromatic nitrogens is 1. The van der Waals surface area contributed by atoms with E-state index >= 15 is 0 Å². The van der Waals surface area contributed by atoms with Crippen LogP contribution in [0.2, 0.25) is 0 Å². The van der Waals surface area contributed by atoms with Crippen molar-refractivity contribution >= 4 is 16.8 Å². The number of nitrogens with one attached hydrogen (secondary N) is 2. The van der Waals surface area contributed by atoms with E-state index < -0.39 is 0 Å². The van der Waals surface area contributed by atoms with Gasteiger partial charge in [0, 0.05) is 35.5 Å². The molecular formula is C23H28N2O2. The highest BCUT2D eigenvalue weighted by atomic mass is 16.3. The van der Waals surface area contributed by atoms with E-state index in [-0.39, 0.29) is 17.9 Å². The van der Waals surface area contributed by atoms with E-state index in [2.05, 4.69) is 34.6 Å². The van der Waals surface area contributed by atoms with Gasteiger partial charge in [-0.3, -0.25) is 4.79 Å². The molecule has 2 aromatic carbocycles. The normalized spacial score (nSPS) is 13.4. The first-order valence-corrected chi connectivity index (χ1v) is 9.56. The van der Waals surface area contributed by atoms with Crippen molar-refractivity contribution in [2.75, 3.05) is 13.2 Å². The maximum Gasteiger partial charge on any atom is 0.220 e. The summed E-state index contributed by atoms with van der Waals surface area (Å²) < 4.78 is 0. The molecule has 3 N–H and O–H groups in total. The Morgan fingerprint density at radius 3 is 2.63 bits per heavy atom. The lowest BCUT2D eigenvalue weighted by atomic mass is 9.84. The highest BCUT2D eigenvalue weighted by Crippen LogP contribution is 2.22. The summed E-state index contributed by atoms with van der Waals surface area (Å²) in [6.07, 6.45) is 4.94. The van der Waals surface area contributed by atoms with E-state index in [4.69, 9.17) is 0 Å². The molecule has 4 heteroatoms. The Balaban J connectivity index is 1.46. The molecule has 0 radical (unpaired) electrons. The number of aromatic amines is 1. The molecule has 1 amide bonds. The van der Waals surface area contributed by atoms with Gasteiger partial charge in [0.15, 0.2) is 0 Å². The predicted octanol–water partition coefficient (Wildman–Crippen LogP) is 3.85. The highest BCUT2D eigenvalue weighted by molar-refractivity contribution is 5.83. The summed E-state index contributed by atoms with van der Waals surface area (Å²) in [6.45, 7) is 2.52. The zero-order valence-corrected chi connectivity index (χ0v) is 15.9. The van der Waals surface area contributed by atoms with Crippen molar-refractivity contribution in [3.8, 4) is 0 Å². The molecule has 1 heterocycles. The van der Waals surface area contributed by atoms with Gasteiger partial charge in [-0.2, -0.15) is 0 Å². The van der Waals surface area contributed by atoms with Gasteiger partial charge in [-0.05, 0) is 36.5 Å². The third-order valence-corrected chi connectivity index (χ3v) is 5.09. The fourth-order valence-electron chi connectivity index (χ4n) is 3.44. The van der Waals surface area contributed by atoms with Gasteiger partial charge >= 0.3 is 0 Å². The number of para-hydroxylation sites is 1. The summed E-state index contributed by atoms with van der Waals surface area (Å²) in [4.78, 5) is 15.5. The van der Waals surface area contributed by atoms with Crippen LogP contribution in [0, 0.1) is 5.41 Å². The van der Waals surface area contributed by atoms with Crippen LogP contribution in [-0.4, -0.2) is 29.1 Å². The van der Waals surface area contributed by atoms with Crippen LogP contribution in [0.25, 0.3) is 10.9 Å². The molecule has 3 aromatic rings. The first-order chi connectivity index (χ1) is 13.1. The average molecular weight is 364 g/mol. The number of aliphatic hydroxyl groups is 1. The minimum atomic E-state index is -0.353. The molecule has 0 spiro atoms. The molecule has 0 saturated carbocycles. The van der Waals surface area contributed by atoms with E-state index in [0.717, 1.165) is 24.8 Å². The van der Waals surface area contributed by atoms with E-state index in [1.54, 1.807) is 0 Å². The van der Waals surface area contributed by atoms with Crippen molar-refractivity contribution in [2.45, 2.75) is 32.6 Å². The van der Waals surface area contributed by atoms with Gasteiger partial charge in [-0.1, -0.05) is 55.5 Å². The fourth-order valence-corrected chi connectivity index (χ4v) is 3.44. The maximum atomic E-state index is 12.2. The van der Waals surface area contributed by atoms with E-state index in [1.165, 1.54) is 16.5 Å². The number of aryl methyl sites for hydroxylation is 1. The molecule has 1 aromatic heterocycles. The Labute approximate surface area is 160 Å². The second-order valence-corrected chi connectivity index (χ2v) is 7.62. The van der Waals surface area contributed by atoms with Gasteiger partial charge in [-0.25, -0.2) is 0 Å². The van der Waals surface area contributed by atoms with Crippen LogP contribution in [0.5, 0.6) is 0 Å². The lowest BCUT2D eigenvalue weighted by molar-refractivity contribution is -0.121. The Bertz CT molecular complexity index is 872. The molecule has 4 nitrogen and oxygen atoms in total. The van der Waals surface area contributed by atoms with Crippen molar-refractivity contribution in [1.29, 1.82) is 0 Å². The third kappa shape index (κ3) is 5.20. The third-order valence-electron chi connectivity index (χ3n) is 5.09. The monoisotopic (exact) mass is 364 g/mol. The van der Waals surface area contributed by atoms with Crippen LogP contribution < -0.4 is 5.32 Å². The van der Waals surface area contributed by atoms with E-state index in [1.807, 2.05) is 43.5 Å². The Kier molecular flexibility index (Phi) is 6.30. The molecule has 27 heavy (non-hydrogen) atoms. The molecule has 3 rings (SSSR count). The molecular weight excluding hydrogens is 336 g/mol. The molecule has 0 fully saturated rings. The highest BCUT2D eigenvalue weighted by Gasteiger charge is 2.24. The number of benzene rings is 2. The summed E-state index contributed by atoms with van der Waals surface area (Å²) in [5, 5.41) is 14.0. The lowest BCUT2D eigenvalue weighted by Gasteiger charge is -2.27. The lowest BCUT2D eigenvalue weighted by Crippen LogP contribution is -2.39. The SMILES string of the molecule is CC(CO)(CNC(=O)CCCc1c[nH]c2ccccc12)Cc1ccccc1. The van der Waals surface area contributed by atoms with Gasteiger partial charge in [0.05, 0.1) is 6.61 Å². The molecule has 1 unspecified atom stereocenters. The zero-order chi connectivity index (χ0) is 19.1. The first kappa shape index (κ1) is 19.2. The number of amides is 1. The standard InChI is InChI=1S/C23H28N2O2/c1-23(17-26,14-18-8-3-2-4-9-18)16-25-22(27)13-7-10-19-15-24-21-12-6-5-11-20(19)21/h2-6,8-9,11-12,15,24,26H,7,10,13-14,16-17H2,1H3,(H,25,27). The Hall–Kier alpha value is -2.59. The second-order valence-electron chi connectivity index (χ2n) is 7.62. The number of hydrogen-bond acceptors (Lipinski definition) is 2. The number of rotatable bonds is 9. The van der Waals surface area contributed by atoms with Crippen LogP contribution in [0.3, 0.4) is 0 Å². The summed E-state index contributed by atoms with van der Waals surface area (Å²) in [7, 11) is 0. The summed E-state index contributed by atoms with van der Waals surface area (Å²) in [6, 6.07) is 18.3. The van der Waals surface area contributed by atoms with Crippen LogP contribution in [0.15, 0.2) is 60.8 Å². The van der Waals surface area contributed by atoms with Crippen molar-refractivity contribution in [3.05, 3.63) is 71.9 Å². The maximum absolute atomic E-state index is 12.2. The minimum Gasteiger partial charge on any atom is -0.396 e. The number of carbonyl (C=O) groups is 1. The van der Waals surface area contributed by atoms with Gasteiger partial charge in [0.1, 0.15) is 0 Å². The van der Waals surface area contributed by atoms with Crippen LogP contribution in [-0.2, 0) is 17.6 Å². The molecule has 142 valence electrons. The summed E-state index contributed by atoms with van der Waals surface area (Å²) >= 11 is 0. The van der Waals surface area contributed by atoms with Gasteiger partial charge in [-0.15, -0.1) is 0 Å². The molecule has 0 aliphatic heterocycles. The van der Waals surface area contributed by atoms with E-state index in [9.17, 15) is 9.90 Å². The largest absolute Gasteiger partial charge is 0.396 e. The molecule has 0 aliphatic rings. The Morgan fingerprint density at radius 2 is 1.85 bits per heavy atom. The smallest absolute Gasteiger partial charge is 0.220 e. The molecule has 0 saturated heterocycles. The van der Waals surface area contributed by atoms with E-state index in [0.29, 0.717) is 13.0 Å². The molecule has 1 atom stereocenters. The van der Waals surface area contributed by atoms with Crippen molar-refractivity contribution in [2.24, 2.45) is 5.41 Å².